The number of aliphatic hydroxyl groups is 3. The van der Waals surface area contributed by atoms with Crippen LogP contribution in [-0.2, 0) is 14.3 Å². The largest absolute Gasteiger partial charge is 0.403 e. The number of hydrogen-bond acceptors (Lipinski definition) is 11. The molecule has 1 aromatic rings. The number of nitrogens with zero attached hydrogens (tertiary/aromatic N) is 1. The molecule has 4 aliphatic heterocycles. The average molecular weight is 684 g/mol. The molecular weight excluding hydrogens is 630 g/mol. The number of aliphatic hydroxyl groups excluding tert-OH is 3. The number of nitrogens with two attached hydrogens (primary N) is 2. The molecule has 13 heteroatoms. The van der Waals surface area contributed by atoms with E-state index in [0.717, 1.165) is 49.6 Å². The molecule has 5 rings (SSSR count). The summed E-state index contributed by atoms with van der Waals surface area (Å²) in [5, 5.41) is 39.8. The van der Waals surface area contributed by atoms with E-state index in [1.807, 2.05) is 25.1 Å². The third kappa shape index (κ3) is 11.1. The van der Waals surface area contributed by atoms with E-state index >= 15 is 0 Å². The summed E-state index contributed by atoms with van der Waals surface area (Å²) in [5.41, 5.74) is 5.32. The fraction of sp³-hybridized carbons (Fsp3) is 0.667. The molecule has 0 radical (unpaired) electrons. The van der Waals surface area contributed by atoms with Crippen LogP contribution in [0.4, 0.5) is 5.69 Å². The van der Waals surface area contributed by atoms with E-state index < -0.39 is 41.9 Å². The SMILES string of the molecule is CC(C)C.CC1/C=C\CCSC2OC(C(O)C(O)C2O)C1NC(=O)C1NCC2CCCCOC21.N/C=C\N(N)c1cccc(Cl)c1. The van der Waals surface area contributed by atoms with Gasteiger partial charge in [0.2, 0.25) is 5.91 Å². The molecule has 1 amide bonds. The standard InChI is InChI=1S/C21H34N2O6S.C8H10ClN3.C4H10/c1-11-6-3-5-9-30-21-17(26)15(24)16(25)19(29-21)13(11)23-20(27)14-18-12(10-22-14)7-2-4-8-28-18;9-7-2-1-3-8(6-7)12(11)5-4-10;1-4(2)3/h3,6,11-19,21-22,24-26H,2,4-5,7-10H2,1H3,(H,23,27);1-6H,10-11H2;4H,1-3H3/b6-3-;5-4-;. The van der Waals surface area contributed by atoms with Gasteiger partial charge in [0.1, 0.15) is 35.9 Å². The number of allylic oxidation sites excluding steroid dienone is 1. The number of ether oxygens (including phenoxy) is 2. The molecule has 0 spiro atoms. The lowest BCUT2D eigenvalue weighted by molar-refractivity contribution is -0.207. The first kappa shape index (κ1) is 38.6. The maximum Gasteiger partial charge on any atom is 0.240 e. The van der Waals surface area contributed by atoms with Crippen LogP contribution in [0.3, 0.4) is 0 Å². The Hall–Kier alpha value is -1.87. The molecule has 11 nitrogen and oxygen atoms in total. The number of benzene rings is 1. The summed E-state index contributed by atoms with van der Waals surface area (Å²) in [6.07, 6.45) is 6.21. The number of hydrazine groups is 1. The van der Waals surface area contributed by atoms with E-state index in [1.165, 1.54) is 23.0 Å². The minimum absolute atomic E-state index is 0.118. The predicted molar refractivity (Wildman–Crippen MR) is 185 cm³/mol. The minimum atomic E-state index is -1.32. The summed E-state index contributed by atoms with van der Waals surface area (Å²) < 4.78 is 12.0. The van der Waals surface area contributed by atoms with E-state index in [-0.39, 0.29) is 17.9 Å². The molecule has 0 aromatic heterocycles. The Labute approximate surface area is 283 Å². The molecule has 260 valence electrons. The van der Waals surface area contributed by atoms with Crippen LogP contribution in [0.5, 0.6) is 0 Å². The van der Waals surface area contributed by atoms with Gasteiger partial charge < -0.3 is 41.2 Å². The van der Waals surface area contributed by atoms with Crippen molar-refractivity contribution in [3.63, 3.8) is 0 Å². The van der Waals surface area contributed by atoms with Gasteiger partial charge in [-0.15, -0.1) is 11.8 Å². The maximum absolute atomic E-state index is 13.3. The third-order valence-electron chi connectivity index (χ3n) is 8.15. The molecule has 1 aromatic carbocycles. The molecule has 9 N–H and O–H groups in total. The molecule has 0 saturated carbocycles. The van der Waals surface area contributed by atoms with Crippen molar-refractivity contribution in [3.8, 4) is 0 Å². The second kappa shape index (κ2) is 19.2. The van der Waals surface area contributed by atoms with E-state index in [2.05, 4.69) is 37.5 Å². The van der Waals surface area contributed by atoms with Crippen molar-refractivity contribution in [1.82, 2.24) is 10.6 Å². The number of fused-ring (bicyclic) bond motifs is 3. The highest BCUT2D eigenvalue weighted by atomic mass is 35.5. The van der Waals surface area contributed by atoms with Crippen LogP contribution in [-0.4, -0.2) is 88.2 Å². The van der Waals surface area contributed by atoms with Crippen LogP contribution in [0.2, 0.25) is 5.02 Å². The van der Waals surface area contributed by atoms with Crippen LogP contribution < -0.4 is 27.2 Å². The summed E-state index contributed by atoms with van der Waals surface area (Å²) in [4.78, 5) is 13.3. The van der Waals surface area contributed by atoms with Crippen LogP contribution >= 0.6 is 23.4 Å². The second-order valence-corrected chi connectivity index (χ2v) is 14.5. The summed E-state index contributed by atoms with van der Waals surface area (Å²) in [7, 11) is 0. The van der Waals surface area contributed by atoms with Gasteiger partial charge in [-0.3, -0.25) is 9.80 Å². The monoisotopic (exact) mass is 683 g/mol. The molecule has 2 bridgehead atoms. The van der Waals surface area contributed by atoms with Crippen molar-refractivity contribution in [1.29, 1.82) is 0 Å². The van der Waals surface area contributed by atoms with Crippen molar-refractivity contribution in [2.75, 3.05) is 23.9 Å². The van der Waals surface area contributed by atoms with Crippen molar-refractivity contribution in [2.24, 2.45) is 29.3 Å². The van der Waals surface area contributed by atoms with Gasteiger partial charge >= 0.3 is 0 Å². The van der Waals surface area contributed by atoms with Gasteiger partial charge in [-0.2, -0.15) is 0 Å². The highest BCUT2D eigenvalue weighted by molar-refractivity contribution is 7.99. The second-order valence-electron chi connectivity index (χ2n) is 12.9. The molecule has 3 saturated heterocycles. The van der Waals surface area contributed by atoms with Crippen LogP contribution in [0.15, 0.2) is 48.8 Å². The number of carbonyl (C=O) groups excluding carboxylic acids is 1. The number of thioether (sulfide) groups is 1. The van der Waals surface area contributed by atoms with Crippen LogP contribution in [0.25, 0.3) is 0 Å². The van der Waals surface area contributed by atoms with E-state index in [1.54, 1.807) is 18.3 Å². The fourth-order valence-corrected chi connectivity index (χ4v) is 7.08. The molecule has 0 aliphatic carbocycles. The lowest BCUT2D eigenvalue weighted by Gasteiger charge is -2.45. The van der Waals surface area contributed by atoms with Crippen molar-refractivity contribution in [2.45, 2.75) is 101 Å². The number of halogens is 1. The van der Waals surface area contributed by atoms with Gasteiger partial charge in [0.05, 0.1) is 17.8 Å². The van der Waals surface area contributed by atoms with Crippen molar-refractivity contribution >= 4 is 35.0 Å². The first-order valence-electron chi connectivity index (χ1n) is 16.3. The summed E-state index contributed by atoms with van der Waals surface area (Å²) in [5.74, 6) is 7.20. The van der Waals surface area contributed by atoms with Crippen molar-refractivity contribution in [3.05, 3.63) is 53.8 Å². The average Bonchev–Trinajstić information content (AvgIpc) is 3.27. The zero-order chi connectivity index (χ0) is 33.8. The summed E-state index contributed by atoms with van der Waals surface area (Å²) in [6, 6.07) is 6.21. The summed E-state index contributed by atoms with van der Waals surface area (Å²) >= 11 is 7.17. The molecular formula is C33H54ClN5O6S. The number of nitrogens with one attached hydrogen (secondary N) is 2. The Morgan fingerprint density at radius 3 is 2.61 bits per heavy atom. The number of hydrogen-bond donors (Lipinski definition) is 7. The van der Waals surface area contributed by atoms with E-state index in [0.29, 0.717) is 17.5 Å². The quantitative estimate of drug-likeness (QED) is 0.141. The Morgan fingerprint density at radius 2 is 1.91 bits per heavy atom. The van der Waals surface area contributed by atoms with Crippen LogP contribution in [0, 0.1) is 17.8 Å². The Bertz CT molecular complexity index is 1130. The predicted octanol–water partition coefficient (Wildman–Crippen LogP) is 2.88. The Balaban J connectivity index is 0.000000298. The molecule has 4 aliphatic rings. The zero-order valence-corrected chi connectivity index (χ0v) is 28.9. The first-order valence-corrected chi connectivity index (χ1v) is 17.7. The highest BCUT2D eigenvalue weighted by Crippen LogP contribution is 2.34. The lowest BCUT2D eigenvalue weighted by Crippen LogP contribution is -2.65. The molecule has 3 fully saturated rings. The van der Waals surface area contributed by atoms with Gasteiger partial charge in [-0.05, 0) is 61.0 Å². The fourth-order valence-electron chi connectivity index (χ4n) is 5.82. The molecule has 4 heterocycles. The normalized spacial score (nSPS) is 35.0. The molecule has 10 atom stereocenters. The van der Waals surface area contributed by atoms with Gasteiger partial charge in [-0.1, -0.05) is 63.9 Å². The lowest BCUT2D eigenvalue weighted by atomic mass is 9.87. The van der Waals surface area contributed by atoms with Gasteiger partial charge in [0.15, 0.2) is 0 Å². The van der Waals surface area contributed by atoms with Crippen LogP contribution in [0.1, 0.15) is 53.4 Å². The maximum atomic E-state index is 13.3. The number of rotatable bonds is 4. The highest BCUT2D eigenvalue weighted by Gasteiger charge is 2.49. The Kier molecular flexibility index (Phi) is 16.1. The van der Waals surface area contributed by atoms with E-state index in [4.69, 9.17) is 32.7 Å². The van der Waals surface area contributed by atoms with Gasteiger partial charge in [0, 0.05) is 30.6 Å². The Morgan fingerprint density at radius 1 is 1.17 bits per heavy atom. The first-order chi connectivity index (χ1) is 21.9. The third-order valence-corrected chi connectivity index (χ3v) is 9.58. The van der Waals surface area contributed by atoms with Crippen molar-refractivity contribution < 1.29 is 29.6 Å². The number of carbonyl (C=O) groups is 1. The summed E-state index contributed by atoms with van der Waals surface area (Å²) in [6.45, 7) is 9.89. The van der Waals surface area contributed by atoms with Gasteiger partial charge in [-0.25, -0.2) is 5.84 Å². The van der Waals surface area contributed by atoms with Gasteiger partial charge in [0.25, 0.3) is 0 Å². The number of amides is 1. The molecule has 46 heavy (non-hydrogen) atoms. The number of anilines is 1. The zero-order valence-electron chi connectivity index (χ0n) is 27.4. The smallest absolute Gasteiger partial charge is 0.240 e. The topological polar surface area (TPSA) is 176 Å². The van der Waals surface area contributed by atoms with E-state index in [9.17, 15) is 20.1 Å². The molecule has 10 unspecified atom stereocenters. The minimum Gasteiger partial charge on any atom is -0.403 e.